The Balaban J connectivity index is 0.000000176. The van der Waals surface area contributed by atoms with E-state index in [1.54, 1.807) is 0 Å². The fourth-order valence-electron chi connectivity index (χ4n) is 9.68. The first-order valence-electron chi connectivity index (χ1n) is 25.2. The van der Waals surface area contributed by atoms with Gasteiger partial charge >= 0.3 is 32.8 Å². The second-order valence-electron chi connectivity index (χ2n) is 21.5. The Kier molecular flexibility index (Phi) is 15.7. The molecule has 0 unspecified atom stereocenters. The van der Waals surface area contributed by atoms with Crippen LogP contribution in [0.5, 0.6) is 46.0 Å². The van der Waals surface area contributed by atoms with Gasteiger partial charge in [-0.3, -0.25) is 0 Å². The van der Waals surface area contributed by atoms with Crippen LogP contribution in [-0.4, -0.2) is 0 Å². The first-order chi connectivity index (χ1) is 36.9. The van der Waals surface area contributed by atoms with Crippen LogP contribution in [0.2, 0.25) is 0 Å². The van der Waals surface area contributed by atoms with Crippen molar-refractivity contribution < 1.29 is 55.7 Å². The monoisotopic (exact) mass is 1250 g/mol. The first kappa shape index (κ1) is 57.5. The van der Waals surface area contributed by atoms with Crippen molar-refractivity contribution in [3.8, 4) is 46.0 Å². The Labute approximate surface area is 497 Å². The van der Waals surface area contributed by atoms with Crippen LogP contribution in [-0.2, 0) is 89.2 Å². The summed E-state index contributed by atoms with van der Waals surface area (Å²) in [5.41, 5.74) is 8.49. The Bertz CT molecular complexity index is 3300. The molecule has 79 heavy (non-hydrogen) atoms. The summed E-state index contributed by atoms with van der Waals surface area (Å²) in [7, 11) is 0. The van der Waals surface area contributed by atoms with Crippen LogP contribution in [0.25, 0.3) is 0 Å². The third kappa shape index (κ3) is 12.1. The predicted octanol–water partition coefficient (Wildman–Crippen LogP) is 18.6. The third-order valence-electron chi connectivity index (χ3n) is 14.8. The second-order valence-corrected chi connectivity index (χ2v) is 33.7. The molecule has 0 spiro atoms. The molecule has 8 aromatic rings. The topological polar surface area (TPSA) is 98.6 Å². The van der Waals surface area contributed by atoms with Crippen LogP contribution in [0.4, 0.5) is 0 Å². The molecule has 0 aliphatic carbocycles. The second kappa shape index (κ2) is 21.5. The summed E-state index contributed by atoms with van der Waals surface area (Å²) in [4.78, 5) is 0. The van der Waals surface area contributed by atoms with Crippen molar-refractivity contribution in [2.24, 2.45) is 9.03 Å². The fraction of sp³-hybridized carbons (Fsp3) is 0.200. The standard InChI is InChI=1S/2C30H28NO4P2S2.Zn/c2*1-29(2)21-5-13-25(14-6-21)32-36(38,33-26-15-7-22(29)8-16-26)31-37(39)34-27-17-9-23(10-18-27)30(3,4)24-11-19-28(35-37)20-12-24;/h2*5-20H,1-4H3;/q2*-1;+2. The molecule has 8 aromatic carbocycles. The quantitative estimate of drug-likeness (QED) is 0.0936. The Morgan fingerprint density at radius 1 is 0.266 bits per heavy atom. The van der Waals surface area contributed by atoms with Crippen molar-refractivity contribution in [3.63, 3.8) is 0 Å². The molecule has 0 radical (unpaired) electrons. The zero-order valence-electron chi connectivity index (χ0n) is 44.8. The minimum atomic E-state index is -3.45. The molecule has 400 valence electrons. The van der Waals surface area contributed by atoms with Gasteiger partial charge in [0.15, 0.2) is 13.4 Å². The van der Waals surface area contributed by atoms with Gasteiger partial charge in [-0.25, -0.2) is 0 Å². The zero-order chi connectivity index (χ0) is 54.9. The number of benzene rings is 8. The number of hydrogen-bond donors (Lipinski definition) is 0. The van der Waals surface area contributed by atoms with Gasteiger partial charge in [-0.2, -0.15) is 0 Å². The van der Waals surface area contributed by atoms with E-state index in [4.69, 9.17) is 93.3 Å². The van der Waals surface area contributed by atoms with Gasteiger partial charge in [-0.1, -0.05) is 152 Å². The van der Waals surface area contributed by atoms with Crippen molar-refractivity contribution >= 4 is 74.8 Å². The van der Waals surface area contributed by atoms with Gasteiger partial charge in [0.2, 0.25) is 0 Å². The summed E-state index contributed by atoms with van der Waals surface area (Å²) >= 11 is 24.0. The first-order valence-corrected chi connectivity index (χ1v) is 35.6. The molecule has 16 aliphatic rings. The summed E-state index contributed by atoms with van der Waals surface area (Å²) in [5.74, 6) is 4.36. The van der Waals surface area contributed by atoms with Crippen LogP contribution >= 0.6 is 26.7 Å². The van der Waals surface area contributed by atoms with E-state index in [9.17, 15) is 0 Å². The van der Waals surface area contributed by atoms with E-state index in [1.807, 2.05) is 194 Å². The molecule has 0 N–H and O–H groups in total. The van der Waals surface area contributed by atoms with Crippen molar-refractivity contribution in [2.75, 3.05) is 0 Å². The molecular formula is C60H56N2O8P4S4Zn. The minimum absolute atomic E-state index is 0. The maximum absolute atomic E-state index is 6.31. The van der Waals surface area contributed by atoms with Gasteiger partial charge < -0.3 is 60.7 Å². The smallest absolute Gasteiger partial charge is 0.656 e. The number of nitrogens with zero attached hydrogens (tertiary/aromatic N) is 2. The summed E-state index contributed by atoms with van der Waals surface area (Å²) in [5, 5.41) is 0. The molecule has 16 heterocycles. The van der Waals surface area contributed by atoms with E-state index in [0.717, 1.165) is 44.5 Å². The summed E-state index contributed by atoms with van der Waals surface area (Å²) in [6, 6.07) is 62.9. The van der Waals surface area contributed by atoms with E-state index in [0.29, 0.717) is 46.0 Å². The van der Waals surface area contributed by atoms with Gasteiger partial charge in [0.1, 0.15) is 46.0 Å². The Morgan fingerprint density at radius 2 is 0.392 bits per heavy atom. The molecule has 16 bridgehead atoms. The van der Waals surface area contributed by atoms with Crippen molar-refractivity contribution in [3.05, 3.63) is 239 Å². The van der Waals surface area contributed by atoms with Crippen LogP contribution in [0.15, 0.2) is 203 Å². The predicted molar refractivity (Wildman–Crippen MR) is 327 cm³/mol. The maximum Gasteiger partial charge on any atom is 2.00 e. The summed E-state index contributed by atoms with van der Waals surface area (Å²) in [6.45, 7) is 3.70. The van der Waals surface area contributed by atoms with E-state index in [2.05, 4.69) is 55.4 Å². The van der Waals surface area contributed by atoms with Gasteiger partial charge in [0.25, 0.3) is 0 Å². The molecule has 0 saturated carbocycles. The SMILES string of the molecule is CC1(C)c2ccc(cc2)OP(=S)(N=P2([S-])Oc3ccc(cc3)C(C)(C)c3ccc(cc3)O2)Oc2ccc1cc2.CC1(C)c2ccc(cc2)OP(=S)(N=P2([S-])Oc3ccc(cc3)C(C)(C)c3ccc(cc3)O2)Oc2ccc1cc2.[Zn+2]. The zero-order valence-corrected chi connectivity index (χ0v) is 54.6. The number of rotatable bonds is 2. The maximum atomic E-state index is 6.31. The van der Waals surface area contributed by atoms with Gasteiger partial charge in [-0.05, 0) is 142 Å². The molecule has 0 atom stereocenters. The number of hydrogen-bond acceptors (Lipinski definition) is 12. The normalized spacial score (nSPS) is 18.9. The molecule has 10 nitrogen and oxygen atoms in total. The molecule has 0 fully saturated rings. The van der Waals surface area contributed by atoms with Gasteiger partial charge in [-0.15, -0.1) is 9.03 Å². The molecule has 0 saturated heterocycles. The fourth-order valence-corrected chi connectivity index (χ4v) is 22.6. The third-order valence-corrected chi connectivity index (χ3v) is 26.3. The Morgan fingerprint density at radius 3 is 0.532 bits per heavy atom. The van der Waals surface area contributed by atoms with Gasteiger partial charge in [0, 0.05) is 45.3 Å². The molecule has 0 aromatic heterocycles. The summed E-state index contributed by atoms with van der Waals surface area (Å²) < 4.78 is 60.1. The van der Waals surface area contributed by atoms with Crippen LogP contribution < -0.4 is 36.2 Å². The van der Waals surface area contributed by atoms with E-state index < -0.39 is 26.7 Å². The van der Waals surface area contributed by atoms with Crippen LogP contribution in [0.3, 0.4) is 0 Å². The van der Waals surface area contributed by atoms with Crippen molar-refractivity contribution in [2.45, 2.75) is 77.0 Å². The molecule has 0 amide bonds. The molecule has 16 aliphatic heterocycles. The largest absolute Gasteiger partial charge is 2.00 e. The van der Waals surface area contributed by atoms with E-state index >= 15 is 0 Å². The minimum Gasteiger partial charge on any atom is -0.656 e. The van der Waals surface area contributed by atoms with Gasteiger partial charge in [0.05, 0.1) is 0 Å². The Hall–Kier alpha value is -4.76. The molecule has 19 heteroatoms. The average molecular weight is 1250 g/mol. The van der Waals surface area contributed by atoms with Crippen molar-refractivity contribution in [1.82, 2.24) is 0 Å². The van der Waals surface area contributed by atoms with Crippen LogP contribution in [0, 0.1) is 0 Å². The molecule has 24 rings (SSSR count). The average Bonchev–Trinajstić information content (AvgIpc) is 3.47. The van der Waals surface area contributed by atoms with E-state index in [1.165, 1.54) is 0 Å². The molecular weight excluding hydrogens is 1190 g/mol. The van der Waals surface area contributed by atoms with Crippen LogP contribution in [0.1, 0.15) is 99.9 Å². The van der Waals surface area contributed by atoms with Crippen molar-refractivity contribution in [1.29, 1.82) is 0 Å². The summed E-state index contributed by atoms with van der Waals surface area (Å²) in [6.07, 6.45) is 0. The van der Waals surface area contributed by atoms with E-state index in [-0.39, 0.29) is 41.1 Å².